The summed E-state index contributed by atoms with van der Waals surface area (Å²) in [4.78, 5) is 18.6. The minimum absolute atomic E-state index is 0.183. The molecule has 0 fully saturated rings. The monoisotopic (exact) mass is 549 g/mol. The summed E-state index contributed by atoms with van der Waals surface area (Å²) in [6, 6.07) is 14.1. The Bertz CT molecular complexity index is 1360. The zero-order valence-corrected chi connectivity index (χ0v) is 21.2. The van der Waals surface area contributed by atoms with Crippen LogP contribution in [0.25, 0.3) is 0 Å². The first-order chi connectivity index (χ1) is 18.2. The van der Waals surface area contributed by atoms with Gasteiger partial charge in [0.25, 0.3) is 5.91 Å². The van der Waals surface area contributed by atoms with Crippen molar-refractivity contribution < 1.29 is 35.9 Å². The second-order valence-corrected chi connectivity index (χ2v) is 9.52. The first-order valence-corrected chi connectivity index (χ1v) is 12.0. The number of nitrogens with zero attached hydrogens (tertiary/aromatic N) is 2. The molecular weight excluding hydrogens is 524 g/mol. The van der Waals surface area contributed by atoms with Crippen molar-refractivity contribution in [3.05, 3.63) is 101 Å². The zero-order chi connectivity index (χ0) is 28.6. The smallest absolute Gasteiger partial charge is 0.406 e. The molecular formula is C28H25F6N3O2. The van der Waals surface area contributed by atoms with Gasteiger partial charge in [-0.05, 0) is 73.4 Å². The summed E-state index contributed by atoms with van der Waals surface area (Å²) in [5.74, 6) is -0.885. The van der Waals surface area contributed by atoms with Crippen LogP contribution in [0, 0.1) is 0 Å². The number of halogens is 6. The van der Waals surface area contributed by atoms with Gasteiger partial charge in [-0.1, -0.05) is 37.3 Å². The topological polar surface area (TPSA) is 54.5 Å². The lowest BCUT2D eigenvalue weighted by Gasteiger charge is -2.29. The molecule has 5 nitrogen and oxygen atoms in total. The molecule has 4 rings (SSSR count). The average molecular weight is 550 g/mol. The van der Waals surface area contributed by atoms with Crippen molar-refractivity contribution >= 4 is 11.6 Å². The SMILES string of the molecule is CCc1cccc(C2C=C(NC(C)(C)c3ccc(C(F)(F)F)nc3)C(=O)N2c2ccc(OC(F)(F)F)cc2)c1. The number of aryl methyl sites for hydroxylation is 1. The Morgan fingerprint density at radius 3 is 2.23 bits per heavy atom. The summed E-state index contributed by atoms with van der Waals surface area (Å²) in [5, 5.41) is 3.13. The Kier molecular flexibility index (Phi) is 7.38. The van der Waals surface area contributed by atoms with Gasteiger partial charge in [0.05, 0.1) is 17.3 Å². The molecule has 11 heteroatoms. The molecule has 1 atom stereocenters. The van der Waals surface area contributed by atoms with Gasteiger partial charge >= 0.3 is 12.5 Å². The number of benzene rings is 2. The summed E-state index contributed by atoms with van der Waals surface area (Å²) in [5.41, 5.74) is 0.725. The lowest BCUT2D eigenvalue weighted by molar-refractivity contribution is -0.274. The molecule has 0 spiro atoms. The van der Waals surface area contributed by atoms with Crippen molar-refractivity contribution in [2.24, 2.45) is 0 Å². The summed E-state index contributed by atoms with van der Waals surface area (Å²) in [6.45, 7) is 5.38. The molecule has 2 heterocycles. The fourth-order valence-corrected chi connectivity index (χ4v) is 4.32. The lowest BCUT2D eigenvalue weighted by atomic mass is 9.95. The molecule has 206 valence electrons. The van der Waals surface area contributed by atoms with E-state index in [0.717, 1.165) is 41.9 Å². The largest absolute Gasteiger partial charge is 0.573 e. The van der Waals surface area contributed by atoms with Crippen LogP contribution in [0.4, 0.5) is 32.0 Å². The van der Waals surface area contributed by atoms with Crippen molar-refractivity contribution in [1.29, 1.82) is 0 Å². The van der Waals surface area contributed by atoms with E-state index in [4.69, 9.17) is 0 Å². The molecule has 0 aliphatic carbocycles. The lowest BCUT2D eigenvalue weighted by Crippen LogP contribution is -2.40. The highest BCUT2D eigenvalue weighted by atomic mass is 19.4. The van der Waals surface area contributed by atoms with Crippen LogP contribution < -0.4 is 15.0 Å². The third-order valence-electron chi connectivity index (χ3n) is 6.32. The van der Waals surface area contributed by atoms with Gasteiger partial charge in [-0.25, -0.2) is 0 Å². The summed E-state index contributed by atoms with van der Waals surface area (Å²) in [7, 11) is 0. The fourth-order valence-electron chi connectivity index (χ4n) is 4.32. The maximum Gasteiger partial charge on any atom is 0.573 e. The number of nitrogens with one attached hydrogen (secondary N) is 1. The van der Waals surface area contributed by atoms with E-state index >= 15 is 0 Å². The Hall–Kier alpha value is -4.02. The number of hydrogen-bond donors (Lipinski definition) is 1. The van der Waals surface area contributed by atoms with Crippen LogP contribution in [0.5, 0.6) is 5.75 Å². The highest BCUT2D eigenvalue weighted by Gasteiger charge is 2.38. The van der Waals surface area contributed by atoms with E-state index in [1.807, 2.05) is 31.2 Å². The van der Waals surface area contributed by atoms with E-state index in [1.54, 1.807) is 19.9 Å². The maximum atomic E-state index is 13.7. The number of aromatic nitrogens is 1. The number of hydrogen-bond acceptors (Lipinski definition) is 4. The van der Waals surface area contributed by atoms with Crippen molar-refractivity contribution in [2.75, 3.05) is 4.90 Å². The zero-order valence-electron chi connectivity index (χ0n) is 21.2. The first kappa shape index (κ1) is 28.0. The Labute approximate surface area is 221 Å². The van der Waals surface area contributed by atoms with E-state index in [2.05, 4.69) is 15.0 Å². The highest BCUT2D eigenvalue weighted by Crippen LogP contribution is 2.38. The molecule has 39 heavy (non-hydrogen) atoms. The van der Waals surface area contributed by atoms with Crippen LogP contribution in [-0.2, 0) is 22.9 Å². The van der Waals surface area contributed by atoms with Crippen LogP contribution >= 0.6 is 0 Å². The van der Waals surface area contributed by atoms with Gasteiger partial charge in [-0.3, -0.25) is 14.7 Å². The first-order valence-electron chi connectivity index (χ1n) is 12.0. The number of anilines is 1. The Morgan fingerprint density at radius 2 is 1.67 bits per heavy atom. The Balaban J connectivity index is 1.68. The third-order valence-corrected chi connectivity index (χ3v) is 6.32. The van der Waals surface area contributed by atoms with E-state index in [-0.39, 0.29) is 5.70 Å². The second kappa shape index (κ2) is 10.3. The van der Waals surface area contributed by atoms with Crippen molar-refractivity contribution in [2.45, 2.75) is 51.3 Å². The van der Waals surface area contributed by atoms with E-state index in [0.29, 0.717) is 11.3 Å². The molecule has 0 saturated carbocycles. The number of amides is 1. The normalized spacial score (nSPS) is 16.3. The average Bonchev–Trinajstić information content (AvgIpc) is 3.18. The molecule has 3 aromatic rings. The molecule has 1 unspecified atom stereocenters. The minimum Gasteiger partial charge on any atom is -0.406 e. The predicted octanol–water partition coefficient (Wildman–Crippen LogP) is 7.06. The van der Waals surface area contributed by atoms with Crippen LogP contribution in [0.2, 0.25) is 0 Å². The van der Waals surface area contributed by atoms with Gasteiger partial charge in [0.1, 0.15) is 11.4 Å². The van der Waals surface area contributed by atoms with Gasteiger partial charge in [0.15, 0.2) is 0 Å². The van der Waals surface area contributed by atoms with Crippen molar-refractivity contribution in [1.82, 2.24) is 10.3 Å². The molecule has 0 saturated heterocycles. The van der Waals surface area contributed by atoms with E-state index < -0.39 is 41.5 Å². The molecule has 0 bridgehead atoms. The molecule has 1 aromatic heterocycles. The van der Waals surface area contributed by atoms with E-state index in [9.17, 15) is 31.1 Å². The van der Waals surface area contributed by atoms with E-state index in [1.165, 1.54) is 23.1 Å². The van der Waals surface area contributed by atoms with Gasteiger partial charge in [-0.2, -0.15) is 13.2 Å². The molecule has 1 amide bonds. The highest BCUT2D eigenvalue weighted by molar-refractivity contribution is 6.09. The molecule has 1 aliphatic rings. The van der Waals surface area contributed by atoms with Crippen LogP contribution in [-0.4, -0.2) is 17.3 Å². The maximum absolute atomic E-state index is 13.7. The van der Waals surface area contributed by atoms with Crippen LogP contribution in [0.3, 0.4) is 0 Å². The minimum atomic E-state index is -4.86. The predicted molar refractivity (Wildman–Crippen MR) is 133 cm³/mol. The number of ether oxygens (including phenoxy) is 1. The number of rotatable bonds is 7. The third kappa shape index (κ3) is 6.35. The second-order valence-electron chi connectivity index (χ2n) is 9.52. The van der Waals surface area contributed by atoms with Gasteiger partial charge < -0.3 is 10.1 Å². The molecule has 1 aliphatic heterocycles. The Morgan fingerprint density at radius 1 is 0.974 bits per heavy atom. The molecule has 0 radical (unpaired) electrons. The molecule has 2 aromatic carbocycles. The van der Waals surface area contributed by atoms with Crippen LogP contribution in [0.1, 0.15) is 49.2 Å². The quantitative estimate of drug-likeness (QED) is 0.321. The number of carbonyl (C=O) groups excluding carboxylic acids is 1. The fraction of sp³-hybridized carbons (Fsp3) is 0.286. The summed E-state index contributed by atoms with van der Waals surface area (Å²) >= 11 is 0. The number of pyridine rings is 1. The summed E-state index contributed by atoms with van der Waals surface area (Å²) < 4.78 is 80.7. The van der Waals surface area contributed by atoms with Gasteiger partial charge in [0.2, 0.25) is 0 Å². The van der Waals surface area contributed by atoms with Crippen molar-refractivity contribution in [3.8, 4) is 5.75 Å². The number of alkyl halides is 6. The molecule has 1 N–H and O–H groups in total. The summed E-state index contributed by atoms with van der Waals surface area (Å²) in [6.07, 6.45) is -5.89. The van der Waals surface area contributed by atoms with Gasteiger partial charge in [-0.15, -0.1) is 13.2 Å². The standard InChI is InChI=1S/C28H25F6N3O2/c1-4-17-6-5-7-18(14-17)23-15-22(36-26(2,3)19-8-13-24(35-16-19)27(29,30)31)25(38)37(23)20-9-11-21(12-10-20)39-28(32,33)34/h5-16,23,36H,4H2,1-3H3. The van der Waals surface area contributed by atoms with Crippen LogP contribution in [0.15, 0.2) is 78.6 Å². The van der Waals surface area contributed by atoms with Gasteiger partial charge in [0, 0.05) is 11.9 Å². The van der Waals surface area contributed by atoms with Crippen molar-refractivity contribution in [3.63, 3.8) is 0 Å². The number of carbonyl (C=O) groups is 1.